The molecule has 0 fully saturated rings. The van der Waals surface area contributed by atoms with Crippen LogP contribution in [0.25, 0.3) is 11.3 Å². The van der Waals surface area contributed by atoms with Gasteiger partial charge in [-0.3, -0.25) is 4.79 Å². The molecule has 3 aromatic carbocycles. The third-order valence-corrected chi connectivity index (χ3v) is 7.47. The van der Waals surface area contributed by atoms with Crippen molar-refractivity contribution in [2.45, 2.75) is 24.3 Å². The van der Waals surface area contributed by atoms with Gasteiger partial charge in [0.15, 0.2) is 0 Å². The minimum Gasteiger partial charge on any atom is -0.455 e. The Morgan fingerprint density at radius 1 is 1.00 bits per heavy atom. The molecular weight excluding hydrogens is 533 g/mol. The van der Waals surface area contributed by atoms with Gasteiger partial charge in [-0.05, 0) is 55.0 Å². The van der Waals surface area contributed by atoms with Crippen molar-refractivity contribution < 1.29 is 17.6 Å². The summed E-state index contributed by atoms with van der Waals surface area (Å²) in [6.45, 7) is 1.87. The van der Waals surface area contributed by atoms with Crippen molar-refractivity contribution in [2.75, 3.05) is 0 Å². The van der Waals surface area contributed by atoms with Gasteiger partial charge in [0.1, 0.15) is 11.5 Å². The Labute approximate surface area is 225 Å². The topological polar surface area (TPSA) is 101 Å². The number of rotatable bonds is 9. The third-order valence-electron chi connectivity index (χ3n) is 5.42. The Balaban J connectivity index is 1.44. The fourth-order valence-corrected chi connectivity index (χ4v) is 5.15. The normalized spacial score (nSPS) is 12.5. The van der Waals surface area contributed by atoms with Gasteiger partial charge in [-0.1, -0.05) is 71.2 Å². The summed E-state index contributed by atoms with van der Waals surface area (Å²) in [5, 5.41) is 4.94. The first-order valence-electron chi connectivity index (χ1n) is 11.2. The highest BCUT2D eigenvalue weighted by molar-refractivity contribution is 7.89. The second-order valence-electron chi connectivity index (χ2n) is 8.22. The number of amides is 1. The number of carbonyl (C=O) groups excluding carboxylic acids is 1. The van der Waals surface area contributed by atoms with E-state index in [1.165, 1.54) is 18.3 Å². The zero-order valence-corrected chi connectivity index (χ0v) is 22.0. The Morgan fingerprint density at radius 3 is 2.46 bits per heavy atom. The summed E-state index contributed by atoms with van der Waals surface area (Å²) in [6, 6.07) is 23.0. The standard InChI is InChI=1S/C27H23Cl2N3O4S/c1-18-7-11-22(12-8-18)37(34,35)32-25(19-5-3-2-4-6-19)16-27(33)31-30-17-21-10-14-26(36-21)23-15-20(28)9-13-24(23)29/h2-15,17,25,32H,16H2,1H3,(H,31,33)/b30-17-/t25-/m1/s1. The second-order valence-corrected chi connectivity index (χ2v) is 10.8. The van der Waals surface area contributed by atoms with Gasteiger partial charge in [-0.15, -0.1) is 0 Å². The number of aryl methyl sites for hydroxylation is 1. The zero-order valence-electron chi connectivity index (χ0n) is 19.7. The van der Waals surface area contributed by atoms with Crippen LogP contribution < -0.4 is 10.1 Å². The maximum absolute atomic E-state index is 13.0. The fourth-order valence-electron chi connectivity index (χ4n) is 3.54. The van der Waals surface area contributed by atoms with Crippen LogP contribution in [0.1, 0.15) is 29.3 Å². The van der Waals surface area contributed by atoms with Crippen molar-refractivity contribution in [3.05, 3.63) is 112 Å². The molecule has 1 atom stereocenters. The smallest absolute Gasteiger partial charge is 0.242 e. The van der Waals surface area contributed by atoms with E-state index < -0.39 is 22.0 Å². The predicted molar refractivity (Wildman–Crippen MR) is 145 cm³/mol. The Kier molecular flexibility index (Phi) is 8.45. The van der Waals surface area contributed by atoms with Crippen LogP contribution >= 0.6 is 23.2 Å². The van der Waals surface area contributed by atoms with Crippen LogP contribution in [0.15, 0.2) is 99.3 Å². The van der Waals surface area contributed by atoms with Gasteiger partial charge < -0.3 is 4.42 Å². The Hall–Kier alpha value is -3.43. The molecule has 0 unspecified atom stereocenters. The highest BCUT2D eigenvalue weighted by Crippen LogP contribution is 2.31. The summed E-state index contributed by atoms with van der Waals surface area (Å²) in [5.41, 5.74) is 4.64. The zero-order chi connectivity index (χ0) is 26.4. The first kappa shape index (κ1) is 26.6. The molecule has 0 saturated heterocycles. The lowest BCUT2D eigenvalue weighted by Crippen LogP contribution is -2.32. The van der Waals surface area contributed by atoms with E-state index in [1.807, 2.05) is 13.0 Å². The van der Waals surface area contributed by atoms with Gasteiger partial charge in [0, 0.05) is 17.0 Å². The number of sulfonamides is 1. The van der Waals surface area contributed by atoms with Crippen LogP contribution in [0.3, 0.4) is 0 Å². The number of benzene rings is 3. The van der Waals surface area contributed by atoms with Crippen molar-refractivity contribution in [3.8, 4) is 11.3 Å². The van der Waals surface area contributed by atoms with E-state index in [9.17, 15) is 13.2 Å². The number of nitrogens with zero attached hydrogens (tertiary/aromatic N) is 1. The summed E-state index contributed by atoms with van der Waals surface area (Å²) >= 11 is 12.3. The van der Waals surface area contributed by atoms with Crippen molar-refractivity contribution in [1.29, 1.82) is 0 Å². The molecule has 0 bridgehead atoms. The minimum atomic E-state index is -3.87. The molecule has 0 aliphatic heterocycles. The quantitative estimate of drug-likeness (QED) is 0.192. The number of hydrogen-bond donors (Lipinski definition) is 2. The molecule has 1 amide bonds. The summed E-state index contributed by atoms with van der Waals surface area (Å²) in [4.78, 5) is 12.8. The first-order valence-corrected chi connectivity index (χ1v) is 13.5. The molecule has 0 saturated carbocycles. The van der Waals surface area contributed by atoms with Crippen molar-refractivity contribution in [1.82, 2.24) is 10.1 Å². The van der Waals surface area contributed by atoms with Gasteiger partial charge in [0.25, 0.3) is 0 Å². The van der Waals surface area contributed by atoms with Crippen molar-refractivity contribution >= 4 is 45.3 Å². The maximum Gasteiger partial charge on any atom is 0.242 e. The predicted octanol–water partition coefficient (Wildman–Crippen LogP) is 6.12. The number of furan rings is 1. The van der Waals surface area contributed by atoms with E-state index in [0.717, 1.165) is 5.56 Å². The largest absolute Gasteiger partial charge is 0.455 e. The lowest BCUT2D eigenvalue weighted by molar-refractivity contribution is -0.121. The molecule has 37 heavy (non-hydrogen) atoms. The third kappa shape index (κ3) is 7.08. The minimum absolute atomic E-state index is 0.117. The first-order chi connectivity index (χ1) is 17.7. The van der Waals surface area contributed by atoms with E-state index in [0.29, 0.717) is 32.7 Å². The molecule has 4 rings (SSSR count). The average Bonchev–Trinajstić information content (AvgIpc) is 3.34. The van der Waals surface area contributed by atoms with E-state index in [2.05, 4.69) is 15.2 Å². The maximum atomic E-state index is 13.0. The van der Waals surface area contributed by atoms with Crippen LogP contribution in [0.4, 0.5) is 0 Å². The van der Waals surface area contributed by atoms with Crippen LogP contribution in [-0.4, -0.2) is 20.5 Å². The van der Waals surface area contributed by atoms with E-state index in [1.54, 1.807) is 66.7 Å². The summed E-state index contributed by atoms with van der Waals surface area (Å²) in [6.07, 6.45) is 1.17. The van der Waals surface area contributed by atoms with Crippen molar-refractivity contribution in [2.24, 2.45) is 5.10 Å². The monoisotopic (exact) mass is 555 g/mol. The summed E-state index contributed by atoms with van der Waals surface area (Å²) in [5.74, 6) is 0.391. The lowest BCUT2D eigenvalue weighted by Gasteiger charge is -2.18. The van der Waals surface area contributed by atoms with Gasteiger partial charge in [0.2, 0.25) is 15.9 Å². The van der Waals surface area contributed by atoms with Crippen LogP contribution in [-0.2, 0) is 14.8 Å². The van der Waals surface area contributed by atoms with Crippen LogP contribution in [0.2, 0.25) is 10.0 Å². The molecule has 190 valence electrons. The molecule has 2 N–H and O–H groups in total. The molecule has 0 aliphatic carbocycles. The highest BCUT2D eigenvalue weighted by Gasteiger charge is 2.23. The Bertz CT molecular complexity index is 1520. The summed E-state index contributed by atoms with van der Waals surface area (Å²) in [7, 11) is -3.87. The van der Waals surface area contributed by atoms with Crippen LogP contribution in [0, 0.1) is 6.92 Å². The molecular formula is C27H23Cl2N3O4S. The van der Waals surface area contributed by atoms with E-state index in [4.69, 9.17) is 27.6 Å². The van der Waals surface area contributed by atoms with Gasteiger partial charge in [0.05, 0.1) is 22.2 Å². The molecule has 0 spiro atoms. The van der Waals surface area contributed by atoms with E-state index in [-0.39, 0.29) is 11.3 Å². The molecule has 4 aromatic rings. The molecule has 0 radical (unpaired) electrons. The number of halogens is 2. The molecule has 7 nitrogen and oxygen atoms in total. The van der Waals surface area contributed by atoms with Gasteiger partial charge in [-0.25, -0.2) is 18.6 Å². The SMILES string of the molecule is Cc1ccc(S(=O)(=O)N[C@H](CC(=O)N/N=C\c2ccc(-c3cc(Cl)ccc3Cl)o2)c2ccccc2)cc1. The molecule has 0 aliphatic rings. The van der Waals surface area contributed by atoms with E-state index >= 15 is 0 Å². The van der Waals surface area contributed by atoms with Gasteiger partial charge >= 0.3 is 0 Å². The van der Waals surface area contributed by atoms with Crippen molar-refractivity contribution in [3.63, 3.8) is 0 Å². The number of nitrogens with one attached hydrogen (secondary N) is 2. The Morgan fingerprint density at radius 2 is 1.73 bits per heavy atom. The lowest BCUT2D eigenvalue weighted by atomic mass is 10.0. The second kappa shape index (κ2) is 11.7. The fraction of sp³-hybridized carbons (Fsp3) is 0.111. The number of hydrogen-bond acceptors (Lipinski definition) is 5. The van der Waals surface area contributed by atoms with Gasteiger partial charge in [-0.2, -0.15) is 5.10 Å². The number of carbonyl (C=O) groups is 1. The highest BCUT2D eigenvalue weighted by atomic mass is 35.5. The number of hydrazone groups is 1. The molecule has 1 heterocycles. The molecule has 1 aromatic heterocycles. The van der Waals surface area contributed by atoms with Crippen LogP contribution in [0.5, 0.6) is 0 Å². The average molecular weight is 556 g/mol. The summed E-state index contributed by atoms with van der Waals surface area (Å²) < 4.78 is 34.3. The molecule has 10 heteroatoms.